The molecule has 0 rings (SSSR count). The van der Waals surface area contributed by atoms with Crippen LogP contribution in [0.5, 0.6) is 0 Å². The highest BCUT2D eigenvalue weighted by molar-refractivity contribution is 5.86. The summed E-state index contributed by atoms with van der Waals surface area (Å²) in [6, 6.07) is 0. The molecule has 0 aromatic rings. The minimum absolute atomic E-state index is 0.181. The molecule has 136 valence electrons. The van der Waals surface area contributed by atoms with Gasteiger partial charge in [-0.15, -0.1) is 0 Å². The largest absolute Gasteiger partial charge is 0.478 e. The van der Waals surface area contributed by atoms with Crippen LogP contribution in [0.1, 0.15) is 110 Å². The predicted molar refractivity (Wildman–Crippen MR) is 101 cm³/mol. The smallest absolute Gasteiger partial charge is 0.331 e. The van der Waals surface area contributed by atoms with Gasteiger partial charge in [-0.05, 0) is 18.8 Å². The van der Waals surface area contributed by atoms with Crippen LogP contribution in [0, 0.1) is 5.92 Å². The van der Waals surface area contributed by atoms with E-state index in [1.54, 1.807) is 0 Å². The van der Waals surface area contributed by atoms with Crippen LogP contribution in [0.2, 0.25) is 0 Å². The number of hydrogen-bond donors (Lipinski definition) is 1. The lowest BCUT2D eigenvalue weighted by molar-refractivity contribution is -0.133. The van der Waals surface area contributed by atoms with Gasteiger partial charge in [0.15, 0.2) is 0 Å². The normalized spacial score (nSPS) is 12.3. The molecular formula is C21H40O2. The topological polar surface area (TPSA) is 37.3 Å². The molecular weight excluding hydrogens is 284 g/mol. The summed E-state index contributed by atoms with van der Waals surface area (Å²) in [6.45, 7) is 8.13. The van der Waals surface area contributed by atoms with Crippen LogP contribution in [0.3, 0.4) is 0 Å². The summed E-state index contributed by atoms with van der Waals surface area (Å²) in [4.78, 5) is 11.0. The van der Waals surface area contributed by atoms with Gasteiger partial charge in [-0.3, -0.25) is 0 Å². The van der Waals surface area contributed by atoms with E-state index >= 15 is 0 Å². The van der Waals surface area contributed by atoms with Gasteiger partial charge in [-0.1, -0.05) is 104 Å². The molecule has 1 unspecified atom stereocenters. The van der Waals surface area contributed by atoms with Gasteiger partial charge in [0.1, 0.15) is 0 Å². The molecule has 0 aliphatic rings. The summed E-state index contributed by atoms with van der Waals surface area (Å²) in [5.41, 5.74) is 0.412. The van der Waals surface area contributed by atoms with Crippen molar-refractivity contribution in [3.8, 4) is 0 Å². The highest BCUT2D eigenvalue weighted by atomic mass is 16.4. The fraction of sp³-hybridized carbons (Fsp3) is 0.857. The maximum Gasteiger partial charge on any atom is 0.331 e. The maximum absolute atomic E-state index is 11.0. The van der Waals surface area contributed by atoms with E-state index in [1.807, 2.05) is 0 Å². The molecule has 2 heteroatoms. The Balaban J connectivity index is 3.46. The van der Waals surface area contributed by atoms with Crippen LogP contribution < -0.4 is 0 Å². The van der Waals surface area contributed by atoms with Crippen molar-refractivity contribution in [2.24, 2.45) is 5.92 Å². The monoisotopic (exact) mass is 324 g/mol. The molecule has 0 bridgehead atoms. The third-order valence-electron chi connectivity index (χ3n) is 4.81. The predicted octanol–water partition coefficient (Wildman–Crippen LogP) is 7.13. The Morgan fingerprint density at radius 3 is 1.57 bits per heavy atom. The van der Waals surface area contributed by atoms with Crippen LogP contribution >= 0.6 is 0 Å². The van der Waals surface area contributed by atoms with E-state index in [2.05, 4.69) is 20.4 Å². The van der Waals surface area contributed by atoms with Gasteiger partial charge in [-0.2, -0.15) is 0 Å². The van der Waals surface area contributed by atoms with Crippen molar-refractivity contribution in [2.75, 3.05) is 0 Å². The molecule has 1 atom stereocenters. The van der Waals surface area contributed by atoms with Gasteiger partial charge in [0.25, 0.3) is 0 Å². The van der Waals surface area contributed by atoms with Crippen LogP contribution in [-0.2, 0) is 4.79 Å². The first-order valence-electron chi connectivity index (χ1n) is 10.1. The fourth-order valence-electron chi connectivity index (χ4n) is 3.25. The molecule has 0 aliphatic heterocycles. The Kier molecular flexibility index (Phi) is 15.5. The summed E-state index contributed by atoms with van der Waals surface area (Å²) in [5.74, 6) is -0.636. The molecule has 0 heterocycles. The van der Waals surface area contributed by atoms with E-state index in [9.17, 15) is 4.79 Å². The molecule has 1 N–H and O–H groups in total. The van der Waals surface area contributed by atoms with Gasteiger partial charge in [-0.25, -0.2) is 4.79 Å². The first kappa shape index (κ1) is 22.2. The van der Waals surface area contributed by atoms with Gasteiger partial charge in [0, 0.05) is 5.57 Å². The van der Waals surface area contributed by atoms with E-state index < -0.39 is 5.97 Å². The Hall–Kier alpha value is -0.790. The average Bonchev–Trinajstić information content (AvgIpc) is 2.54. The lowest BCUT2D eigenvalue weighted by Crippen LogP contribution is -2.11. The number of carboxylic acid groups (broad SMARTS) is 1. The van der Waals surface area contributed by atoms with Crippen LogP contribution in [0.25, 0.3) is 0 Å². The molecule has 0 spiro atoms. The third kappa shape index (κ3) is 13.4. The number of carboxylic acids is 1. The summed E-state index contributed by atoms with van der Waals surface area (Å²) in [5, 5.41) is 9.07. The molecule has 0 fully saturated rings. The molecule has 0 aromatic heterocycles. The first-order valence-corrected chi connectivity index (χ1v) is 10.1. The molecule has 23 heavy (non-hydrogen) atoms. The minimum Gasteiger partial charge on any atom is -0.478 e. The van der Waals surface area contributed by atoms with Crippen molar-refractivity contribution in [1.29, 1.82) is 0 Å². The van der Waals surface area contributed by atoms with Crippen molar-refractivity contribution in [3.63, 3.8) is 0 Å². The molecule has 0 aliphatic carbocycles. The second-order valence-electron chi connectivity index (χ2n) is 6.99. The molecule has 0 saturated heterocycles. The van der Waals surface area contributed by atoms with Crippen LogP contribution in [-0.4, -0.2) is 11.1 Å². The van der Waals surface area contributed by atoms with E-state index in [4.69, 9.17) is 5.11 Å². The SMILES string of the molecule is C=C(C(=O)O)C(CCC)CCCCCCCCCCCCCC. The van der Waals surface area contributed by atoms with Crippen molar-refractivity contribution < 1.29 is 9.90 Å². The zero-order valence-electron chi connectivity index (χ0n) is 15.7. The second kappa shape index (κ2) is 16.1. The molecule has 2 nitrogen and oxygen atoms in total. The average molecular weight is 325 g/mol. The minimum atomic E-state index is -0.817. The highest BCUT2D eigenvalue weighted by Crippen LogP contribution is 2.23. The van der Waals surface area contributed by atoms with E-state index in [1.165, 1.54) is 70.6 Å². The third-order valence-corrected chi connectivity index (χ3v) is 4.81. The first-order chi connectivity index (χ1) is 11.1. The zero-order valence-corrected chi connectivity index (χ0v) is 15.7. The fourth-order valence-corrected chi connectivity index (χ4v) is 3.25. The Bertz CT molecular complexity index is 296. The summed E-state index contributed by atoms with van der Waals surface area (Å²) >= 11 is 0. The number of rotatable bonds is 17. The standard InChI is InChI=1S/C21H40O2/c1-4-6-7-8-9-10-11-12-13-14-15-16-18-20(17-5-2)19(3)21(22)23/h20H,3-18H2,1-2H3,(H,22,23). The summed E-state index contributed by atoms with van der Waals surface area (Å²) in [7, 11) is 0. The molecule has 0 aromatic carbocycles. The number of unbranched alkanes of at least 4 members (excludes halogenated alkanes) is 11. The molecule has 0 saturated carbocycles. The highest BCUT2D eigenvalue weighted by Gasteiger charge is 2.16. The van der Waals surface area contributed by atoms with Crippen molar-refractivity contribution in [2.45, 2.75) is 110 Å². The Morgan fingerprint density at radius 1 is 0.739 bits per heavy atom. The number of aliphatic carboxylic acids is 1. The van der Waals surface area contributed by atoms with Crippen LogP contribution in [0.4, 0.5) is 0 Å². The lowest BCUT2D eigenvalue weighted by atomic mass is 9.90. The second-order valence-corrected chi connectivity index (χ2v) is 6.99. The quantitative estimate of drug-likeness (QED) is 0.228. The van der Waals surface area contributed by atoms with Gasteiger partial charge in [0.2, 0.25) is 0 Å². The van der Waals surface area contributed by atoms with Crippen LogP contribution in [0.15, 0.2) is 12.2 Å². The zero-order chi connectivity index (χ0) is 17.3. The Labute approximate surface area is 144 Å². The van der Waals surface area contributed by atoms with Crippen molar-refractivity contribution >= 4 is 5.97 Å². The van der Waals surface area contributed by atoms with Crippen molar-refractivity contribution in [1.82, 2.24) is 0 Å². The maximum atomic E-state index is 11.0. The van der Waals surface area contributed by atoms with E-state index in [0.717, 1.165) is 25.7 Å². The van der Waals surface area contributed by atoms with Crippen molar-refractivity contribution in [3.05, 3.63) is 12.2 Å². The van der Waals surface area contributed by atoms with Gasteiger partial charge < -0.3 is 5.11 Å². The number of carbonyl (C=O) groups is 1. The van der Waals surface area contributed by atoms with Gasteiger partial charge in [0.05, 0.1) is 0 Å². The lowest BCUT2D eigenvalue weighted by Gasteiger charge is -2.15. The summed E-state index contributed by atoms with van der Waals surface area (Å²) < 4.78 is 0. The number of hydrogen-bond acceptors (Lipinski definition) is 1. The Morgan fingerprint density at radius 2 is 1.17 bits per heavy atom. The van der Waals surface area contributed by atoms with Gasteiger partial charge >= 0.3 is 5.97 Å². The molecule has 0 radical (unpaired) electrons. The summed E-state index contributed by atoms with van der Waals surface area (Å²) in [6.07, 6.45) is 19.2. The molecule has 0 amide bonds. The van der Waals surface area contributed by atoms with E-state index in [0.29, 0.717) is 5.57 Å². The van der Waals surface area contributed by atoms with E-state index in [-0.39, 0.29) is 5.92 Å².